The number of aromatic nitrogens is 5. The summed E-state index contributed by atoms with van der Waals surface area (Å²) in [5.74, 6) is 0.597. The Morgan fingerprint density at radius 2 is 2.03 bits per heavy atom. The van der Waals surface area contributed by atoms with Gasteiger partial charge in [0, 0.05) is 53.7 Å². The van der Waals surface area contributed by atoms with Crippen LogP contribution in [0.4, 0.5) is 0 Å². The average molecular weight is 401 g/mol. The SMILES string of the molecule is Cn1ccnc1C(C)(O)c1cccc(-c2csc(-c3c[nH]c4ncccc34)n2)c1. The van der Waals surface area contributed by atoms with E-state index in [1.807, 2.05) is 65.8 Å². The fourth-order valence-electron chi connectivity index (χ4n) is 3.61. The zero-order valence-electron chi connectivity index (χ0n) is 16.0. The van der Waals surface area contributed by atoms with Gasteiger partial charge in [-0.2, -0.15) is 0 Å². The van der Waals surface area contributed by atoms with Crippen LogP contribution in [0.1, 0.15) is 18.3 Å². The zero-order valence-corrected chi connectivity index (χ0v) is 16.8. The summed E-state index contributed by atoms with van der Waals surface area (Å²) in [6, 6.07) is 11.8. The molecule has 7 heteroatoms. The van der Waals surface area contributed by atoms with Crippen molar-refractivity contribution >= 4 is 22.4 Å². The molecule has 0 radical (unpaired) electrons. The van der Waals surface area contributed by atoms with Gasteiger partial charge >= 0.3 is 0 Å². The highest BCUT2D eigenvalue weighted by Crippen LogP contribution is 2.35. The molecule has 5 rings (SSSR count). The number of hydrogen-bond acceptors (Lipinski definition) is 5. The van der Waals surface area contributed by atoms with Crippen LogP contribution in [-0.4, -0.2) is 29.6 Å². The number of hydrogen-bond donors (Lipinski definition) is 2. The van der Waals surface area contributed by atoms with Gasteiger partial charge in [0.25, 0.3) is 0 Å². The van der Waals surface area contributed by atoms with E-state index >= 15 is 0 Å². The number of nitrogens with one attached hydrogen (secondary N) is 1. The monoisotopic (exact) mass is 401 g/mol. The van der Waals surface area contributed by atoms with Crippen LogP contribution < -0.4 is 0 Å². The predicted octanol–water partition coefficient (Wildman–Crippen LogP) is 4.34. The standard InChI is InChI=1S/C22H19N5OS/c1-22(28,21-24-9-10-27(21)2)15-6-3-5-14(11-15)18-13-29-20(26-18)17-12-25-19-16(17)7-4-8-23-19/h3-13,28H,1-2H3,(H,23,25). The molecule has 0 amide bonds. The Morgan fingerprint density at radius 1 is 1.14 bits per heavy atom. The van der Waals surface area contributed by atoms with Crippen molar-refractivity contribution in [3.8, 4) is 21.8 Å². The molecule has 0 spiro atoms. The lowest BCUT2D eigenvalue weighted by Gasteiger charge is -2.23. The molecule has 1 aromatic carbocycles. The van der Waals surface area contributed by atoms with Gasteiger partial charge in [-0.25, -0.2) is 15.0 Å². The van der Waals surface area contributed by atoms with Gasteiger partial charge < -0.3 is 14.7 Å². The van der Waals surface area contributed by atoms with Crippen molar-refractivity contribution in [2.45, 2.75) is 12.5 Å². The van der Waals surface area contributed by atoms with Gasteiger partial charge in [-0.05, 0) is 30.7 Å². The molecule has 0 bridgehead atoms. The van der Waals surface area contributed by atoms with Crippen LogP contribution in [0.25, 0.3) is 32.9 Å². The largest absolute Gasteiger partial charge is 0.377 e. The summed E-state index contributed by atoms with van der Waals surface area (Å²) in [6.45, 7) is 1.76. The summed E-state index contributed by atoms with van der Waals surface area (Å²) in [5.41, 5.74) is 3.30. The quantitative estimate of drug-likeness (QED) is 0.469. The van der Waals surface area contributed by atoms with Crippen LogP contribution in [0.3, 0.4) is 0 Å². The van der Waals surface area contributed by atoms with Crippen molar-refractivity contribution in [2.24, 2.45) is 7.05 Å². The molecule has 0 aliphatic carbocycles. The second-order valence-electron chi connectivity index (χ2n) is 7.15. The third kappa shape index (κ3) is 2.95. The van der Waals surface area contributed by atoms with Gasteiger partial charge in [0.15, 0.2) is 0 Å². The molecule has 29 heavy (non-hydrogen) atoms. The first-order valence-corrected chi connectivity index (χ1v) is 10.1. The topological polar surface area (TPSA) is 79.6 Å². The van der Waals surface area contributed by atoms with E-state index in [0.29, 0.717) is 5.82 Å². The molecule has 0 saturated carbocycles. The lowest BCUT2D eigenvalue weighted by atomic mass is 9.93. The number of aromatic amines is 1. The van der Waals surface area contributed by atoms with E-state index in [1.54, 1.807) is 30.7 Å². The molecule has 2 N–H and O–H groups in total. The van der Waals surface area contributed by atoms with Crippen molar-refractivity contribution in [3.63, 3.8) is 0 Å². The molecular formula is C22H19N5OS. The predicted molar refractivity (Wildman–Crippen MR) is 115 cm³/mol. The molecule has 1 atom stereocenters. The maximum atomic E-state index is 11.2. The molecule has 0 fully saturated rings. The van der Waals surface area contributed by atoms with E-state index in [0.717, 1.165) is 38.4 Å². The first-order valence-electron chi connectivity index (χ1n) is 9.23. The van der Waals surface area contributed by atoms with Crippen molar-refractivity contribution in [3.05, 3.63) is 78.0 Å². The molecule has 5 aromatic rings. The van der Waals surface area contributed by atoms with Gasteiger partial charge in [0.05, 0.1) is 5.69 Å². The van der Waals surface area contributed by atoms with Gasteiger partial charge in [-0.15, -0.1) is 11.3 Å². The zero-order chi connectivity index (χ0) is 20.0. The number of nitrogens with zero attached hydrogens (tertiary/aromatic N) is 4. The second-order valence-corrected chi connectivity index (χ2v) is 8.01. The van der Waals surface area contributed by atoms with E-state index in [4.69, 9.17) is 4.98 Å². The molecule has 0 aliphatic heterocycles. The Morgan fingerprint density at radius 3 is 2.86 bits per heavy atom. The van der Waals surface area contributed by atoms with Gasteiger partial charge in [-0.1, -0.05) is 18.2 Å². The first-order chi connectivity index (χ1) is 14.0. The fraction of sp³-hybridized carbons (Fsp3) is 0.136. The molecule has 6 nitrogen and oxygen atoms in total. The number of fused-ring (bicyclic) bond motifs is 1. The summed E-state index contributed by atoms with van der Waals surface area (Å²) < 4.78 is 1.83. The first kappa shape index (κ1) is 17.8. The summed E-state index contributed by atoms with van der Waals surface area (Å²) in [7, 11) is 1.88. The summed E-state index contributed by atoms with van der Waals surface area (Å²) in [5, 5.41) is 15.2. The number of pyridine rings is 1. The fourth-order valence-corrected chi connectivity index (χ4v) is 4.47. The number of aliphatic hydroxyl groups is 1. The van der Waals surface area contributed by atoms with Crippen molar-refractivity contribution in [1.29, 1.82) is 0 Å². The van der Waals surface area contributed by atoms with Crippen LogP contribution in [0, 0.1) is 0 Å². The minimum Gasteiger partial charge on any atom is -0.377 e. The molecule has 4 aromatic heterocycles. The van der Waals surface area contributed by atoms with Crippen LogP contribution in [0.2, 0.25) is 0 Å². The van der Waals surface area contributed by atoms with Crippen LogP contribution in [0.15, 0.2) is 66.6 Å². The van der Waals surface area contributed by atoms with Gasteiger partial charge in [0.1, 0.15) is 22.1 Å². The minimum atomic E-state index is -1.20. The van der Waals surface area contributed by atoms with Crippen LogP contribution in [-0.2, 0) is 12.6 Å². The maximum Gasteiger partial charge on any atom is 0.144 e. The Hall–Kier alpha value is -3.29. The van der Waals surface area contributed by atoms with Gasteiger partial charge in [0.2, 0.25) is 0 Å². The van der Waals surface area contributed by atoms with E-state index < -0.39 is 5.60 Å². The van der Waals surface area contributed by atoms with Crippen LogP contribution in [0.5, 0.6) is 0 Å². The third-order valence-corrected chi connectivity index (χ3v) is 6.04. The highest BCUT2D eigenvalue weighted by molar-refractivity contribution is 7.13. The highest BCUT2D eigenvalue weighted by atomic mass is 32.1. The summed E-state index contributed by atoms with van der Waals surface area (Å²) in [4.78, 5) is 16.7. The highest BCUT2D eigenvalue weighted by Gasteiger charge is 2.30. The number of imidazole rings is 1. The van der Waals surface area contributed by atoms with Gasteiger partial charge in [-0.3, -0.25) is 0 Å². The van der Waals surface area contributed by atoms with E-state index in [-0.39, 0.29) is 0 Å². The summed E-state index contributed by atoms with van der Waals surface area (Å²) in [6.07, 6.45) is 7.24. The number of rotatable bonds is 4. The number of H-pyrrole nitrogens is 1. The minimum absolute atomic E-state index is 0.597. The molecule has 144 valence electrons. The lowest BCUT2D eigenvalue weighted by Crippen LogP contribution is -2.26. The van der Waals surface area contributed by atoms with Crippen LogP contribution >= 0.6 is 11.3 Å². The Balaban J connectivity index is 1.53. The third-order valence-electron chi connectivity index (χ3n) is 5.16. The van der Waals surface area contributed by atoms with E-state index in [1.165, 1.54) is 0 Å². The Labute approximate surface area is 171 Å². The number of thiazole rings is 1. The molecule has 1 unspecified atom stereocenters. The van der Waals surface area contributed by atoms with Crippen molar-refractivity contribution in [1.82, 2.24) is 24.5 Å². The normalized spacial score (nSPS) is 13.6. The Bertz CT molecular complexity index is 1310. The number of aryl methyl sites for hydroxylation is 1. The molecule has 0 saturated heterocycles. The lowest BCUT2D eigenvalue weighted by molar-refractivity contribution is 0.0892. The van der Waals surface area contributed by atoms with E-state index in [9.17, 15) is 5.11 Å². The summed E-state index contributed by atoms with van der Waals surface area (Å²) >= 11 is 1.59. The maximum absolute atomic E-state index is 11.2. The molecule has 4 heterocycles. The smallest absolute Gasteiger partial charge is 0.144 e. The van der Waals surface area contributed by atoms with Crippen molar-refractivity contribution < 1.29 is 5.11 Å². The van der Waals surface area contributed by atoms with E-state index in [2.05, 4.69) is 15.0 Å². The molecular weight excluding hydrogens is 382 g/mol. The number of benzene rings is 1. The average Bonchev–Trinajstić information content (AvgIpc) is 3.47. The molecule has 0 aliphatic rings. The second kappa shape index (κ2) is 6.65. The Kier molecular flexibility index (Phi) is 4.08. The van der Waals surface area contributed by atoms with Crippen molar-refractivity contribution in [2.75, 3.05) is 0 Å².